The third-order valence-corrected chi connectivity index (χ3v) is 5.80. The third-order valence-electron chi connectivity index (χ3n) is 5.80. The van der Waals surface area contributed by atoms with E-state index in [0.717, 1.165) is 16.5 Å². The molecule has 3 aromatic rings. The fraction of sp³-hybridized carbons (Fsp3) is 0.400. The van der Waals surface area contributed by atoms with Crippen LogP contribution < -0.4 is 21.5 Å². The Balaban J connectivity index is 1.46. The van der Waals surface area contributed by atoms with Crippen molar-refractivity contribution in [1.29, 1.82) is 0 Å². The Hall–Kier alpha value is -3.84. The van der Waals surface area contributed by atoms with Crippen LogP contribution in [0.1, 0.15) is 12.0 Å². The van der Waals surface area contributed by atoms with Crippen LogP contribution in [0.3, 0.4) is 0 Å². The van der Waals surface area contributed by atoms with Gasteiger partial charge >= 0.3 is 17.9 Å². The molecule has 1 fully saturated rings. The Morgan fingerprint density at radius 3 is 2.68 bits per heavy atom. The fourth-order valence-corrected chi connectivity index (χ4v) is 3.96. The monoisotopic (exact) mass is 483 g/mol. The second-order valence-electron chi connectivity index (χ2n) is 8.08. The Morgan fingerprint density at radius 2 is 2.00 bits per heavy atom. The second kappa shape index (κ2) is 8.50. The zero-order valence-electron chi connectivity index (χ0n) is 18.1. The number of alkyl halides is 4. The van der Waals surface area contributed by atoms with Gasteiger partial charge in [-0.1, -0.05) is 0 Å². The number of urea groups is 1. The molecule has 3 aromatic heterocycles. The number of carbonyl (C=O) groups is 1. The van der Waals surface area contributed by atoms with Gasteiger partial charge in [-0.3, -0.25) is 9.78 Å². The van der Waals surface area contributed by atoms with E-state index in [4.69, 9.17) is 0 Å². The van der Waals surface area contributed by atoms with E-state index >= 15 is 4.39 Å². The molecule has 2 amide bonds. The van der Waals surface area contributed by atoms with Gasteiger partial charge in [0.1, 0.15) is 11.9 Å². The minimum absolute atomic E-state index is 0.0740. The number of imidazole rings is 1. The Bertz CT molecular complexity index is 1350. The lowest BCUT2D eigenvalue weighted by atomic mass is 10.0. The number of pyridine rings is 2. The van der Waals surface area contributed by atoms with Crippen LogP contribution in [-0.4, -0.2) is 62.8 Å². The van der Waals surface area contributed by atoms with Crippen LogP contribution in [0.2, 0.25) is 0 Å². The minimum atomic E-state index is -4.71. The molecule has 10 nitrogen and oxygen atoms in total. The van der Waals surface area contributed by atoms with Gasteiger partial charge in [0, 0.05) is 26.8 Å². The van der Waals surface area contributed by atoms with Crippen LogP contribution in [0.5, 0.6) is 0 Å². The molecule has 0 aliphatic carbocycles. The summed E-state index contributed by atoms with van der Waals surface area (Å²) < 4.78 is 55.0. The molecule has 0 aromatic carbocycles. The third kappa shape index (κ3) is 4.47. The molecule has 2 atom stereocenters. The summed E-state index contributed by atoms with van der Waals surface area (Å²) in [6, 6.07) is 0.450. The minimum Gasteiger partial charge on any atom is -0.367 e. The van der Waals surface area contributed by atoms with Gasteiger partial charge in [0.15, 0.2) is 5.65 Å². The van der Waals surface area contributed by atoms with E-state index in [1.54, 1.807) is 11.0 Å². The molecule has 0 bridgehead atoms. The van der Waals surface area contributed by atoms with Crippen molar-refractivity contribution in [3.63, 3.8) is 0 Å². The second-order valence-corrected chi connectivity index (χ2v) is 8.08. The molecule has 1 aliphatic rings. The fourth-order valence-electron chi connectivity index (χ4n) is 3.96. The molecule has 3 N–H and O–H groups in total. The average Bonchev–Trinajstić information content (AvgIpc) is 3.14. The topological polar surface area (TPSA) is 119 Å². The summed E-state index contributed by atoms with van der Waals surface area (Å²) in [7, 11) is 2.46. The van der Waals surface area contributed by atoms with E-state index < -0.39 is 46.9 Å². The highest BCUT2D eigenvalue weighted by Gasteiger charge is 2.35. The number of aromatic nitrogens is 4. The maximum Gasteiger partial charge on any atom is 0.417 e. The van der Waals surface area contributed by atoms with E-state index in [9.17, 15) is 27.6 Å². The standard InChI is InChI=1S/C20H21F4N7O3/c1-29-8-10(20(22,23)24)5-14(17(29)32)27-19(34)30(2)15-3-4-31(9-12(15)21)11-6-13-16(25-7-11)28-18(33)26-13/h5-8,12,15H,3-4,9H2,1-2H3,(H,27,34)(H2,25,26,28,33)/t12-,15+/m1/s1. The van der Waals surface area contributed by atoms with Gasteiger partial charge in [0.25, 0.3) is 5.56 Å². The SMILES string of the molecule is CN(C(=O)Nc1cc(C(F)(F)F)cn(C)c1=O)[C@H]1CCN(c2cnc3[nH]c(=O)[nH]c3c2)C[C@H]1F. The Morgan fingerprint density at radius 1 is 1.26 bits per heavy atom. The predicted molar refractivity (Wildman–Crippen MR) is 116 cm³/mol. The van der Waals surface area contributed by atoms with E-state index in [1.807, 2.05) is 0 Å². The molecule has 0 saturated carbocycles. The molecule has 1 aliphatic heterocycles. The number of halogens is 4. The lowest BCUT2D eigenvalue weighted by Crippen LogP contribution is -2.54. The molecule has 4 rings (SSSR count). The highest BCUT2D eigenvalue weighted by Crippen LogP contribution is 2.30. The van der Waals surface area contributed by atoms with Crippen molar-refractivity contribution in [3.05, 3.63) is 50.9 Å². The number of anilines is 2. The number of hydrogen-bond acceptors (Lipinski definition) is 5. The molecular formula is C20H21F4N7O3. The van der Waals surface area contributed by atoms with Crippen LogP contribution in [0.4, 0.5) is 33.7 Å². The number of nitrogens with zero attached hydrogens (tertiary/aromatic N) is 4. The maximum absolute atomic E-state index is 15.1. The summed E-state index contributed by atoms with van der Waals surface area (Å²) >= 11 is 0. The lowest BCUT2D eigenvalue weighted by molar-refractivity contribution is -0.138. The smallest absolute Gasteiger partial charge is 0.367 e. The van der Waals surface area contributed by atoms with E-state index in [2.05, 4.69) is 20.3 Å². The Kier molecular flexibility index (Phi) is 5.83. The lowest BCUT2D eigenvalue weighted by Gasteiger charge is -2.39. The van der Waals surface area contributed by atoms with Gasteiger partial charge in [-0.15, -0.1) is 0 Å². The summed E-state index contributed by atoms with van der Waals surface area (Å²) in [4.78, 5) is 48.2. The van der Waals surface area contributed by atoms with Gasteiger partial charge in [-0.05, 0) is 18.6 Å². The van der Waals surface area contributed by atoms with Gasteiger partial charge < -0.3 is 24.7 Å². The van der Waals surface area contributed by atoms with E-state index in [0.29, 0.717) is 35.7 Å². The number of aromatic amines is 2. The first-order valence-corrected chi connectivity index (χ1v) is 10.2. The molecule has 14 heteroatoms. The number of aryl methyl sites for hydroxylation is 1. The normalized spacial score (nSPS) is 18.8. The average molecular weight is 483 g/mol. The number of amides is 2. The van der Waals surface area contributed by atoms with Crippen molar-refractivity contribution in [2.24, 2.45) is 7.05 Å². The molecular weight excluding hydrogens is 462 g/mol. The molecule has 4 heterocycles. The quantitative estimate of drug-likeness (QED) is 0.493. The maximum atomic E-state index is 15.1. The number of fused-ring (bicyclic) bond motifs is 1. The zero-order chi connectivity index (χ0) is 24.8. The number of nitrogens with one attached hydrogen (secondary N) is 3. The molecule has 1 saturated heterocycles. The van der Waals surface area contributed by atoms with Crippen LogP contribution in [0.25, 0.3) is 11.2 Å². The molecule has 0 radical (unpaired) electrons. The summed E-state index contributed by atoms with van der Waals surface area (Å²) in [5.74, 6) is 0. The van der Waals surface area contributed by atoms with Gasteiger partial charge in [0.2, 0.25) is 0 Å². The number of piperidine rings is 1. The van der Waals surface area contributed by atoms with E-state index in [1.165, 1.54) is 13.2 Å². The number of hydrogen-bond donors (Lipinski definition) is 3. The van der Waals surface area contributed by atoms with Crippen molar-refractivity contribution in [2.45, 2.75) is 24.8 Å². The van der Waals surface area contributed by atoms with Crippen LogP contribution in [-0.2, 0) is 13.2 Å². The predicted octanol–water partition coefficient (Wildman–Crippen LogP) is 2.05. The largest absolute Gasteiger partial charge is 0.417 e. The summed E-state index contributed by atoms with van der Waals surface area (Å²) in [5, 5.41) is 2.17. The van der Waals surface area contributed by atoms with Crippen molar-refractivity contribution in [3.8, 4) is 0 Å². The molecule has 34 heavy (non-hydrogen) atoms. The zero-order valence-corrected chi connectivity index (χ0v) is 18.1. The summed E-state index contributed by atoms with van der Waals surface area (Å²) in [6.45, 7) is 0.283. The molecule has 182 valence electrons. The number of carbonyl (C=O) groups excluding carboxylic acids is 1. The first kappa shape index (κ1) is 23.3. The molecule has 0 spiro atoms. The molecule has 0 unspecified atom stereocenters. The van der Waals surface area contributed by atoms with Crippen LogP contribution in [0, 0.1) is 0 Å². The van der Waals surface area contributed by atoms with Gasteiger partial charge in [-0.2, -0.15) is 13.2 Å². The van der Waals surface area contributed by atoms with Gasteiger partial charge in [-0.25, -0.2) is 19.0 Å². The van der Waals surface area contributed by atoms with Gasteiger partial charge in [0.05, 0.1) is 35.6 Å². The summed E-state index contributed by atoms with van der Waals surface area (Å²) in [5.41, 5.74) is -1.46. The highest BCUT2D eigenvalue weighted by atomic mass is 19.4. The summed E-state index contributed by atoms with van der Waals surface area (Å²) in [6.07, 6.45) is -3.86. The Labute approximate surface area is 189 Å². The highest BCUT2D eigenvalue weighted by molar-refractivity contribution is 5.89. The number of H-pyrrole nitrogens is 2. The number of rotatable bonds is 3. The van der Waals surface area contributed by atoms with Crippen molar-refractivity contribution in [2.75, 3.05) is 30.4 Å². The van der Waals surface area contributed by atoms with Crippen LogP contribution in [0.15, 0.2) is 34.1 Å². The van der Waals surface area contributed by atoms with Crippen molar-refractivity contribution in [1.82, 2.24) is 24.4 Å². The van der Waals surface area contributed by atoms with Crippen LogP contribution >= 0.6 is 0 Å². The van der Waals surface area contributed by atoms with Crippen molar-refractivity contribution < 1.29 is 22.4 Å². The first-order chi connectivity index (χ1) is 15.9. The van der Waals surface area contributed by atoms with Crippen molar-refractivity contribution >= 4 is 28.6 Å². The first-order valence-electron chi connectivity index (χ1n) is 10.2. The van der Waals surface area contributed by atoms with E-state index in [-0.39, 0.29) is 13.0 Å².